The Balaban J connectivity index is 1.21. The maximum absolute atomic E-state index is 13.2. The van der Waals surface area contributed by atoms with E-state index >= 15 is 0 Å². The minimum absolute atomic E-state index is 0.0656. The molecule has 10 heteroatoms. The second-order valence-corrected chi connectivity index (χ2v) is 13.2. The molecule has 2 fully saturated rings. The lowest BCUT2D eigenvalue weighted by atomic mass is 9.51. The second kappa shape index (κ2) is 10.3. The Kier molecular flexibility index (Phi) is 7.05. The average Bonchev–Trinajstić information content (AvgIpc) is 3.28. The number of carboxylic acids is 1. The molecule has 1 saturated carbocycles. The van der Waals surface area contributed by atoms with Crippen molar-refractivity contribution in [2.75, 3.05) is 20.7 Å². The van der Waals surface area contributed by atoms with Crippen LogP contribution in [0.3, 0.4) is 0 Å². The number of carbonyl (C=O) groups excluding carboxylic acids is 1. The van der Waals surface area contributed by atoms with Crippen molar-refractivity contribution in [1.29, 1.82) is 0 Å². The summed E-state index contributed by atoms with van der Waals surface area (Å²) in [6, 6.07) is 7.18. The van der Waals surface area contributed by atoms with Crippen molar-refractivity contribution < 1.29 is 34.4 Å². The minimum atomic E-state index is -1.11. The van der Waals surface area contributed by atoms with Crippen LogP contribution in [0.5, 0.6) is 23.0 Å². The van der Waals surface area contributed by atoms with Crippen LogP contribution in [0.4, 0.5) is 0 Å². The summed E-state index contributed by atoms with van der Waals surface area (Å²) >= 11 is 0. The van der Waals surface area contributed by atoms with Gasteiger partial charge in [-0.1, -0.05) is 12.1 Å². The Labute approximate surface area is 246 Å². The number of aromatic hydroxyl groups is 2. The molecule has 226 valence electrons. The Morgan fingerprint density at radius 2 is 1.95 bits per heavy atom. The highest BCUT2D eigenvalue weighted by Crippen LogP contribution is 2.65. The zero-order chi connectivity index (χ0) is 30.0. The number of likely N-dealkylation sites (tertiary alicyclic amines) is 1. The van der Waals surface area contributed by atoms with Gasteiger partial charge in [0, 0.05) is 53.1 Å². The Morgan fingerprint density at radius 1 is 1.21 bits per heavy atom. The Hall–Kier alpha value is -3.50. The average molecular weight is 580 g/mol. The van der Waals surface area contributed by atoms with Gasteiger partial charge in [-0.25, -0.2) is 4.79 Å². The highest BCUT2D eigenvalue weighted by Gasteiger charge is 2.66. The number of aliphatic carboxylic acids is 1. The lowest BCUT2D eigenvalue weighted by molar-refractivity contribution is -0.142. The van der Waals surface area contributed by atoms with Crippen LogP contribution in [0, 0.1) is 5.92 Å². The molecule has 2 aliphatic carbocycles. The SMILES string of the molecule is COc1cc(O)c2c3c1C[C@@H]1[C@@H]4CC[C@@H](NC(C)(C)CC(=O)N[C@@H](Cc5ccc(O)cc5)C(=O)O)[C@H](O2)[C@]34CCN1C. The number of likely N-dealkylation sites (N-methyl/N-ethyl adjacent to an activating group) is 1. The summed E-state index contributed by atoms with van der Waals surface area (Å²) in [4.78, 5) is 27.6. The van der Waals surface area contributed by atoms with Crippen LogP contribution in [0.2, 0.25) is 0 Å². The summed E-state index contributed by atoms with van der Waals surface area (Å²) in [6.07, 6.45) is 3.63. The van der Waals surface area contributed by atoms with Gasteiger partial charge in [0.2, 0.25) is 5.91 Å². The van der Waals surface area contributed by atoms with Gasteiger partial charge < -0.3 is 40.3 Å². The number of hydrogen-bond donors (Lipinski definition) is 5. The van der Waals surface area contributed by atoms with Crippen LogP contribution in [0.1, 0.15) is 56.2 Å². The number of amides is 1. The molecule has 6 rings (SSSR count). The molecule has 4 aliphatic rings. The summed E-state index contributed by atoms with van der Waals surface area (Å²) in [5.74, 6) is 0.408. The van der Waals surface area contributed by atoms with Gasteiger partial charge >= 0.3 is 5.97 Å². The number of carboxylic acid groups (broad SMARTS) is 1. The first-order valence-electron chi connectivity index (χ1n) is 14.8. The standard InChI is InChI=1S/C32H41N3O7/c1-31(2,16-26(38)33-22(30(39)40)13-17-5-7-18(36)8-6-17)34-21-10-9-20-23-14-19-25(41-4)15-24(37)28-27(19)32(20,29(21)42-28)11-12-35(23)3/h5-8,15,20-23,29,34,36-37H,9-14,16H2,1-4H3,(H,33,38)(H,39,40)/t20-,21+,22-,23+,29-,32-/m0/s1. The zero-order valence-corrected chi connectivity index (χ0v) is 24.6. The molecular weight excluding hydrogens is 538 g/mol. The van der Waals surface area contributed by atoms with Crippen LogP contribution in [0.25, 0.3) is 0 Å². The van der Waals surface area contributed by atoms with E-state index in [0.29, 0.717) is 29.0 Å². The molecule has 2 heterocycles. The molecule has 2 aromatic carbocycles. The number of nitrogens with zero attached hydrogens (tertiary/aromatic N) is 1. The van der Waals surface area contributed by atoms with Crippen molar-refractivity contribution in [2.24, 2.45) is 5.92 Å². The summed E-state index contributed by atoms with van der Waals surface area (Å²) in [5, 5.41) is 36.7. The van der Waals surface area contributed by atoms with E-state index < -0.39 is 17.6 Å². The van der Waals surface area contributed by atoms with Crippen molar-refractivity contribution in [3.05, 3.63) is 47.0 Å². The maximum Gasteiger partial charge on any atom is 0.326 e. The second-order valence-electron chi connectivity index (χ2n) is 13.2. The van der Waals surface area contributed by atoms with Gasteiger partial charge in [-0.05, 0) is 76.7 Å². The van der Waals surface area contributed by atoms with Gasteiger partial charge in [-0.15, -0.1) is 0 Å². The van der Waals surface area contributed by atoms with E-state index in [9.17, 15) is 24.9 Å². The normalized spacial score (nSPS) is 28.4. The molecule has 0 unspecified atom stereocenters. The largest absolute Gasteiger partial charge is 0.508 e. The molecule has 1 spiro atoms. The van der Waals surface area contributed by atoms with Gasteiger partial charge in [-0.2, -0.15) is 0 Å². The quantitative estimate of drug-likeness (QED) is 0.303. The first-order valence-corrected chi connectivity index (χ1v) is 14.8. The Bertz CT molecular complexity index is 1390. The van der Waals surface area contributed by atoms with Crippen LogP contribution >= 0.6 is 0 Å². The van der Waals surface area contributed by atoms with E-state index in [4.69, 9.17) is 9.47 Å². The molecule has 0 radical (unpaired) electrons. The number of phenolic OH excluding ortho intramolecular Hbond substituents is 2. The number of nitrogens with one attached hydrogen (secondary N) is 2. The fraction of sp³-hybridized carbons (Fsp3) is 0.562. The number of piperidine rings is 1. The van der Waals surface area contributed by atoms with E-state index in [1.165, 1.54) is 12.1 Å². The van der Waals surface area contributed by atoms with Crippen LogP contribution in [0.15, 0.2) is 30.3 Å². The molecular formula is C32H41N3O7. The highest BCUT2D eigenvalue weighted by atomic mass is 16.5. The van der Waals surface area contributed by atoms with Crippen molar-refractivity contribution in [3.63, 3.8) is 0 Å². The lowest BCUT2D eigenvalue weighted by Crippen LogP contribution is -2.69. The fourth-order valence-electron chi connectivity index (χ4n) is 8.39. The van der Waals surface area contributed by atoms with Crippen molar-refractivity contribution in [2.45, 2.75) is 87.6 Å². The highest BCUT2D eigenvalue weighted by molar-refractivity contribution is 5.84. The zero-order valence-electron chi connectivity index (χ0n) is 24.6. The number of phenols is 2. The van der Waals surface area contributed by atoms with E-state index in [2.05, 4.69) is 22.6 Å². The number of methoxy groups -OCH3 is 1. The summed E-state index contributed by atoms with van der Waals surface area (Å²) in [7, 11) is 3.84. The summed E-state index contributed by atoms with van der Waals surface area (Å²) < 4.78 is 12.4. The molecule has 2 bridgehead atoms. The molecule has 2 aromatic rings. The monoisotopic (exact) mass is 579 g/mol. The van der Waals surface area contributed by atoms with Crippen LogP contribution in [-0.2, 0) is 27.8 Å². The van der Waals surface area contributed by atoms with Gasteiger partial charge in [0.25, 0.3) is 0 Å². The van der Waals surface area contributed by atoms with Crippen LogP contribution in [-0.4, -0.2) is 82.6 Å². The van der Waals surface area contributed by atoms with Crippen LogP contribution < -0.4 is 20.1 Å². The third-order valence-corrected chi connectivity index (χ3v) is 10.1. The lowest BCUT2D eigenvalue weighted by Gasteiger charge is -2.59. The summed E-state index contributed by atoms with van der Waals surface area (Å²) in [6.45, 7) is 4.85. The molecule has 0 aromatic heterocycles. The van der Waals surface area contributed by atoms with Crippen molar-refractivity contribution in [1.82, 2.24) is 15.5 Å². The van der Waals surface area contributed by atoms with E-state index in [0.717, 1.165) is 43.4 Å². The third-order valence-electron chi connectivity index (χ3n) is 10.1. The smallest absolute Gasteiger partial charge is 0.326 e. The third kappa shape index (κ3) is 4.65. The number of benzene rings is 2. The van der Waals surface area contributed by atoms with Crippen molar-refractivity contribution >= 4 is 11.9 Å². The molecule has 5 N–H and O–H groups in total. The van der Waals surface area contributed by atoms with E-state index in [-0.39, 0.29) is 47.8 Å². The van der Waals surface area contributed by atoms with Gasteiger partial charge in [0.15, 0.2) is 11.5 Å². The molecule has 1 saturated heterocycles. The number of ether oxygens (including phenoxy) is 2. The van der Waals surface area contributed by atoms with E-state index in [1.807, 2.05) is 13.8 Å². The number of carbonyl (C=O) groups is 2. The molecule has 2 aliphatic heterocycles. The maximum atomic E-state index is 13.2. The predicted molar refractivity (Wildman–Crippen MR) is 155 cm³/mol. The minimum Gasteiger partial charge on any atom is -0.508 e. The number of rotatable bonds is 9. The Morgan fingerprint density at radius 3 is 2.64 bits per heavy atom. The van der Waals surface area contributed by atoms with Gasteiger partial charge in [0.05, 0.1) is 7.11 Å². The first-order chi connectivity index (χ1) is 19.9. The van der Waals surface area contributed by atoms with E-state index in [1.54, 1.807) is 25.3 Å². The molecule has 10 nitrogen and oxygen atoms in total. The molecule has 42 heavy (non-hydrogen) atoms. The number of hydrogen-bond acceptors (Lipinski definition) is 8. The van der Waals surface area contributed by atoms with Gasteiger partial charge in [0.1, 0.15) is 23.6 Å². The predicted octanol–water partition coefficient (Wildman–Crippen LogP) is 2.71. The first kappa shape index (κ1) is 28.6. The molecule has 6 atom stereocenters. The van der Waals surface area contributed by atoms with Gasteiger partial charge in [-0.3, -0.25) is 4.79 Å². The fourth-order valence-corrected chi connectivity index (χ4v) is 8.39. The summed E-state index contributed by atoms with van der Waals surface area (Å²) in [5.41, 5.74) is 2.04. The van der Waals surface area contributed by atoms with Crippen molar-refractivity contribution in [3.8, 4) is 23.0 Å². The topological polar surface area (TPSA) is 141 Å². The molecule has 1 amide bonds.